The van der Waals surface area contributed by atoms with Crippen LogP contribution >= 0.6 is 0 Å². The van der Waals surface area contributed by atoms with E-state index >= 15 is 0 Å². The molecule has 1 fully saturated rings. The van der Waals surface area contributed by atoms with Crippen molar-refractivity contribution in [2.24, 2.45) is 0 Å². The molecule has 0 unspecified atom stereocenters. The van der Waals surface area contributed by atoms with Crippen molar-refractivity contribution in [3.63, 3.8) is 0 Å². The number of halogens is 1. The molecule has 1 aromatic heterocycles. The molecule has 1 aliphatic heterocycles. The minimum atomic E-state index is -0.839. The van der Waals surface area contributed by atoms with Crippen molar-refractivity contribution in [3.05, 3.63) is 54.8 Å². The molecule has 7 heteroatoms. The maximum atomic E-state index is 13.4. The Morgan fingerprint density at radius 2 is 2.07 bits per heavy atom. The van der Waals surface area contributed by atoms with Crippen LogP contribution in [0, 0.1) is 5.82 Å². The highest BCUT2D eigenvalue weighted by Gasteiger charge is 2.44. The number of hydrogen-bond donors (Lipinski definition) is 1. The van der Waals surface area contributed by atoms with Gasteiger partial charge in [-0.25, -0.2) is 18.7 Å². The number of amides is 1. The predicted molar refractivity (Wildman–Crippen MR) is 103 cm³/mol. The molecular formula is C21H24FN3O3. The number of hydrogen-bond acceptors (Lipinski definition) is 4. The Kier molecular flexibility index (Phi) is 5.10. The zero-order valence-corrected chi connectivity index (χ0v) is 16.3. The lowest BCUT2D eigenvalue weighted by Gasteiger charge is -2.29. The number of imidazole rings is 1. The molecule has 1 aliphatic rings. The fourth-order valence-electron chi connectivity index (χ4n) is 3.38. The highest BCUT2D eigenvalue weighted by molar-refractivity contribution is 5.82. The smallest absolute Gasteiger partial charge is 0.420 e. The zero-order chi connectivity index (χ0) is 20.5. The second-order valence-electron chi connectivity index (χ2n) is 7.91. The summed E-state index contributed by atoms with van der Waals surface area (Å²) in [4.78, 5) is 29.5. The number of rotatable bonds is 4. The van der Waals surface area contributed by atoms with Crippen molar-refractivity contribution in [2.45, 2.75) is 51.2 Å². The van der Waals surface area contributed by atoms with Crippen molar-refractivity contribution in [1.29, 1.82) is 0 Å². The Hall–Kier alpha value is -2.96. The van der Waals surface area contributed by atoms with Gasteiger partial charge in [-0.15, -0.1) is 6.58 Å². The fourth-order valence-corrected chi connectivity index (χ4v) is 3.38. The van der Waals surface area contributed by atoms with Crippen molar-refractivity contribution in [2.75, 3.05) is 0 Å². The first kappa shape index (κ1) is 19.8. The average molecular weight is 385 g/mol. The summed E-state index contributed by atoms with van der Waals surface area (Å²) in [7, 11) is 0. The number of aromatic nitrogens is 2. The molecule has 0 saturated carbocycles. The molecule has 0 bridgehead atoms. The second-order valence-corrected chi connectivity index (χ2v) is 7.91. The van der Waals surface area contributed by atoms with Crippen LogP contribution in [-0.2, 0) is 15.1 Å². The average Bonchev–Trinajstić information content (AvgIpc) is 3.19. The van der Waals surface area contributed by atoms with E-state index in [0.29, 0.717) is 36.3 Å². The first-order chi connectivity index (χ1) is 13.1. The van der Waals surface area contributed by atoms with Gasteiger partial charge in [-0.05, 0) is 57.9 Å². The lowest BCUT2D eigenvalue weighted by molar-refractivity contribution is -0.119. The summed E-state index contributed by atoms with van der Waals surface area (Å²) in [6.07, 6.45) is 3.87. The maximum absolute atomic E-state index is 13.4. The Bertz CT molecular complexity index is 912. The highest BCUT2D eigenvalue weighted by Crippen LogP contribution is 2.37. The molecular weight excluding hydrogens is 361 g/mol. The Morgan fingerprint density at radius 1 is 1.39 bits per heavy atom. The number of carbonyl (C=O) groups excluding carboxylic acids is 2. The standard InChI is InChI=1S/C21H24FN3O3/c1-5-11-21(12-10-17(26)24-21)18-23-13-16(14-6-8-15(22)9-7-14)25(18)19(27)28-20(2,3)4/h5-9,13H,1,10-12H2,2-4H3,(H,24,26)/t21-/m1/s1. The topological polar surface area (TPSA) is 73.2 Å². The molecule has 2 aromatic rings. The number of carbonyl (C=O) groups is 2. The molecule has 0 aliphatic carbocycles. The summed E-state index contributed by atoms with van der Waals surface area (Å²) in [6, 6.07) is 5.78. The van der Waals surface area contributed by atoms with Crippen molar-refractivity contribution < 1.29 is 18.7 Å². The molecule has 1 saturated heterocycles. The van der Waals surface area contributed by atoms with E-state index in [0.717, 1.165) is 0 Å². The van der Waals surface area contributed by atoms with Crippen LogP contribution in [0.25, 0.3) is 11.3 Å². The molecule has 1 N–H and O–H groups in total. The van der Waals surface area contributed by atoms with Crippen molar-refractivity contribution >= 4 is 12.0 Å². The van der Waals surface area contributed by atoms with Gasteiger partial charge in [-0.3, -0.25) is 4.79 Å². The van der Waals surface area contributed by atoms with Gasteiger partial charge in [-0.2, -0.15) is 0 Å². The van der Waals surface area contributed by atoms with Crippen LogP contribution in [0.15, 0.2) is 43.1 Å². The normalized spacial score (nSPS) is 19.4. The van der Waals surface area contributed by atoms with E-state index in [4.69, 9.17) is 4.74 Å². The van der Waals surface area contributed by atoms with Gasteiger partial charge in [0.2, 0.25) is 5.91 Å². The lowest BCUT2D eigenvalue weighted by Crippen LogP contribution is -2.42. The summed E-state index contributed by atoms with van der Waals surface area (Å²) >= 11 is 0. The first-order valence-electron chi connectivity index (χ1n) is 9.15. The number of nitrogens with one attached hydrogen (secondary N) is 1. The van der Waals surface area contributed by atoms with Gasteiger partial charge in [-0.1, -0.05) is 6.08 Å². The third-order valence-corrected chi connectivity index (χ3v) is 4.56. The molecule has 1 atom stereocenters. The number of benzene rings is 1. The second kappa shape index (κ2) is 7.22. The third-order valence-electron chi connectivity index (χ3n) is 4.56. The fraction of sp³-hybridized carbons (Fsp3) is 0.381. The third kappa shape index (κ3) is 3.83. The summed E-state index contributed by atoms with van der Waals surface area (Å²) < 4.78 is 20.3. The van der Waals surface area contributed by atoms with Gasteiger partial charge >= 0.3 is 6.09 Å². The van der Waals surface area contributed by atoms with E-state index in [2.05, 4.69) is 16.9 Å². The van der Waals surface area contributed by atoms with Gasteiger partial charge in [0.25, 0.3) is 0 Å². The summed E-state index contributed by atoms with van der Waals surface area (Å²) in [5.74, 6) is -0.103. The van der Waals surface area contributed by atoms with E-state index in [1.54, 1.807) is 45.2 Å². The minimum Gasteiger partial charge on any atom is -0.443 e. The SMILES string of the molecule is C=CC[C@]1(c2ncc(-c3ccc(F)cc3)n2C(=O)OC(C)(C)C)CCC(=O)N1. The van der Waals surface area contributed by atoms with E-state index in [-0.39, 0.29) is 11.7 Å². The Morgan fingerprint density at radius 3 is 2.61 bits per heavy atom. The monoisotopic (exact) mass is 385 g/mol. The van der Waals surface area contributed by atoms with Crippen LogP contribution in [0.3, 0.4) is 0 Å². The summed E-state index contributed by atoms with van der Waals surface area (Å²) in [5, 5.41) is 2.96. The predicted octanol–water partition coefficient (Wildman–Crippen LogP) is 4.15. The van der Waals surface area contributed by atoms with Crippen LogP contribution in [0.4, 0.5) is 9.18 Å². The van der Waals surface area contributed by atoms with Gasteiger partial charge in [0.1, 0.15) is 22.8 Å². The van der Waals surface area contributed by atoms with E-state index in [9.17, 15) is 14.0 Å². The Labute approximate surface area is 163 Å². The number of ether oxygens (including phenoxy) is 1. The summed E-state index contributed by atoms with van der Waals surface area (Å²) in [5.41, 5.74) is -0.477. The molecule has 1 aromatic carbocycles. The van der Waals surface area contributed by atoms with Crippen molar-refractivity contribution in [3.8, 4) is 11.3 Å². The Balaban J connectivity index is 2.17. The summed E-state index contributed by atoms with van der Waals surface area (Å²) in [6.45, 7) is 9.10. The van der Waals surface area contributed by atoms with E-state index in [1.807, 2.05) is 0 Å². The quantitative estimate of drug-likeness (QED) is 0.803. The van der Waals surface area contributed by atoms with E-state index < -0.39 is 17.2 Å². The van der Waals surface area contributed by atoms with Crippen molar-refractivity contribution in [1.82, 2.24) is 14.9 Å². The number of nitrogens with zero attached hydrogens (tertiary/aromatic N) is 2. The molecule has 2 heterocycles. The zero-order valence-electron chi connectivity index (χ0n) is 16.3. The highest BCUT2D eigenvalue weighted by atomic mass is 19.1. The molecule has 3 rings (SSSR count). The van der Waals surface area contributed by atoms with Gasteiger partial charge < -0.3 is 10.1 Å². The largest absolute Gasteiger partial charge is 0.443 e. The van der Waals surface area contributed by atoms with Crippen LogP contribution < -0.4 is 5.32 Å². The molecule has 0 radical (unpaired) electrons. The molecule has 148 valence electrons. The first-order valence-corrected chi connectivity index (χ1v) is 9.15. The lowest BCUT2D eigenvalue weighted by atomic mass is 9.92. The van der Waals surface area contributed by atoms with Crippen LogP contribution in [0.2, 0.25) is 0 Å². The molecule has 0 spiro atoms. The van der Waals surface area contributed by atoms with Crippen LogP contribution in [0.5, 0.6) is 0 Å². The molecule has 28 heavy (non-hydrogen) atoms. The van der Waals surface area contributed by atoms with Gasteiger partial charge in [0.15, 0.2) is 0 Å². The van der Waals surface area contributed by atoms with Crippen LogP contribution in [-0.4, -0.2) is 27.2 Å². The van der Waals surface area contributed by atoms with Crippen LogP contribution in [0.1, 0.15) is 45.9 Å². The maximum Gasteiger partial charge on any atom is 0.420 e. The molecule has 6 nitrogen and oxygen atoms in total. The minimum absolute atomic E-state index is 0.107. The molecule has 1 amide bonds. The van der Waals surface area contributed by atoms with E-state index in [1.165, 1.54) is 16.7 Å². The van der Waals surface area contributed by atoms with Gasteiger partial charge in [0.05, 0.1) is 11.9 Å². The van der Waals surface area contributed by atoms with Gasteiger partial charge in [0, 0.05) is 12.0 Å².